The number of aliphatic hydroxyl groups is 1. The number of hydrogen-bond acceptors (Lipinski definition) is 3. The van der Waals surface area contributed by atoms with Gasteiger partial charge in [-0.25, -0.2) is 0 Å². The monoisotopic (exact) mass is 156 g/mol. The maximum absolute atomic E-state index is 10.8. The fourth-order valence-electron chi connectivity index (χ4n) is 1.03. The third-order valence-electron chi connectivity index (χ3n) is 1.63. The molecule has 11 heavy (non-hydrogen) atoms. The fourth-order valence-corrected chi connectivity index (χ4v) is 1.03. The molecule has 1 rings (SSSR count). The maximum Gasteiger partial charge on any atom is 0.304 e. The van der Waals surface area contributed by atoms with Crippen molar-refractivity contribution in [1.82, 2.24) is 0 Å². The zero-order valence-electron chi connectivity index (χ0n) is 5.73. The molecule has 0 saturated carbocycles. The van der Waals surface area contributed by atoms with Crippen LogP contribution in [0.15, 0.2) is 12.2 Å². The minimum absolute atomic E-state index is 0.299. The maximum atomic E-state index is 10.8. The standard InChI is InChI=1S/C7H8O4/c8-5-1-2-6(9)4(5)3-7(10)11/h1-2,4-5,8H,3H2,(H,10,11)/t4-,5+/m1/s1. The zero-order valence-corrected chi connectivity index (χ0v) is 5.73. The summed E-state index contributed by atoms with van der Waals surface area (Å²) < 4.78 is 0. The van der Waals surface area contributed by atoms with E-state index in [1.165, 1.54) is 12.2 Å². The molecule has 0 bridgehead atoms. The van der Waals surface area contributed by atoms with E-state index in [0.717, 1.165) is 0 Å². The summed E-state index contributed by atoms with van der Waals surface area (Å²) in [6, 6.07) is 0. The second-order valence-electron chi connectivity index (χ2n) is 2.46. The second-order valence-corrected chi connectivity index (χ2v) is 2.46. The van der Waals surface area contributed by atoms with Gasteiger partial charge in [0, 0.05) is 0 Å². The van der Waals surface area contributed by atoms with E-state index < -0.39 is 18.0 Å². The highest BCUT2D eigenvalue weighted by atomic mass is 16.4. The van der Waals surface area contributed by atoms with Crippen LogP contribution in [0.2, 0.25) is 0 Å². The average Bonchev–Trinajstić information content (AvgIpc) is 2.18. The topological polar surface area (TPSA) is 74.6 Å². The SMILES string of the molecule is O=C(O)C[C@H]1C(=O)C=C[C@@H]1O. The molecule has 0 heterocycles. The highest BCUT2D eigenvalue weighted by molar-refractivity contribution is 5.96. The highest BCUT2D eigenvalue weighted by Gasteiger charge is 2.30. The lowest BCUT2D eigenvalue weighted by atomic mass is 10.0. The third kappa shape index (κ3) is 1.65. The van der Waals surface area contributed by atoms with Crippen molar-refractivity contribution in [3.05, 3.63) is 12.2 Å². The minimum atomic E-state index is -1.06. The summed E-state index contributed by atoms with van der Waals surface area (Å²) in [5, 5.41) is 17.4. The van der Waals surface area contributed by atoms with Crippen molar-refractivity contribution in [2.45, 2.75) is 12.5 Å². The van der Waals surface area contributed by atoms with Gasteiger partial charge in [0.1, 0.15) is 0 Å². The van der Waals surface area contributed by atoms with Gasteiger partial charge in [-0.15, -0.1) is 0 Å². The summed E-state index contributed by atoms with van der Waals surface area (Å²) in [5.41, 5.74) is 0. The number of rotatable bonds is 2. The first kappa shape index (κ1) is 7.94. The molecule has 4 nitrogen and oxygen atoms in total. The molecule has 0 aromatic rings. The number of allylic oxidation sites excluding steroid dienone is 1. The molecular formula is C7H8O4. The molecule has 2 atom stereocenters. The Morgan fingerprint density at radius 2 is 2.27 bits per heavy atom. The van der Waals surface area contributed by atoms with Crippen molar-refractivity contribution >= 4 is 11.8 Å². The Bertz CT molecular complexity index is 218. The molecule has 0 radical (unpaired) electrons. The van der Waals surface area contributed by atoms with Gasteiger partial charge in [-0.3, -0.25) is 9.59 Å². The van der Waals surface area contributed by atoms with Gasteiger partial charge in [-0.2, -0.15) is 0 Å². The lowest BCUT2D eigenvalue weighted by Gasteiger charge is -2.08. The van der Waals surface area contributed by atoms with Crippen LogP contribution in [0.3, 0.4) is 0 Å². The Kier molecular flexibility index (Phi) is 2.05. The molecule has 0 fully saturated rings. The van der Waals surface area contributed by atoms with Crippen LogP contribution in [0, 0.1) is 5.92 Å². The van der Waals surface area contributed by atoms with Gasteiger partial charge in [-0.1, -0.05) is 6.08 Å². The molecule has 0 aromatic heterocycles. The summed E-state index contributed by atoms with van der Waals surface area (Å²) in [5.74, 6) is -2.14. The van der Waals surface area contributed by atoms with E-state index in [1.807, 2.05) is 0 Å². The number of aliphatic carboxylic acids is 1. The van der Waals surface area contributed by atoms with Crippen LogP contribution in [0.5, 0.6) is 0 Å². The van der Waals surface area contributed by atoms with Crippen molar-refractivity contribution in [2.75, 3.05) is 0 Å². The predicted molar refractivity (Wildman–Crippen MR) is 35.9 cm³/mol. The average molecular weight is 156 g/mol. The first-order chi connectivity index (χ1) is 5.11. The van der Waals surface area contributed by atoms with Crippen molar-refractivity contribution in [2.24, 2.45) is 5.92 Å². The molecule has 0 unspecified atom stereocenters. The Labute approximate surface area is 63.1 Å². The van der Waals surface area contributed by atoms with Crippen molar-refractivity contribution in [1.29, 1.82) is 0 Å². The second kappa shape index (κ2) is 2.84. The van der Waals surface area contributed by atoms with E-state index in [4.69, 9.17) is 10.2 Å². The fraction of sp³-hybridized carbons (Fsp3) is 0.429. The van der Waals surface area contributed by atoms with Gasteiger partial charge in [0.25, 0.3) is 0 Å². The molecule has 1 aliphatic carbocycles. The first-order valence-corrected chi connectivity index (χ1v) is 3.23. The summed E-state index contributed by atoms with van der Waals surface area (Å²) in [6.45, 7) is 0. The van der Waals surface area contributed by atoms with E-state index in [-0.39, 0.29) is 12.2 Å². The predicted octanol–water partition coefficient (Wildman–Crippen LogP) is -0.423. The summed E-state index contributed by atoms with van der Waals surface area (Å²) >= 11 is 0. The van der Waals surface area contributed by atoms with Crippen LogP contribution < -0.4 is 0 Å². The molecule has 0 amide bonds. The van der Waals surface area contributed by atoms with Gasteiger partial charge in [0.2, 0.25) is 0 Å². The minimum Gasteiger partial charge on any atom is -0.481 e. The van der Waals surface area contributed by atoms with Crippen molar-refractivity contribution in [3.8, 4) is 0 Å². The van der Waals surface area contributed by atoms with Gasteiger partial charge in [0.15, 0.2) is 5.78 Å². The van der Waals surface area contributed by atoms with Gasteiger partial charge in [0.05, 0.1) is 18.4 Å². The van der Waals surface area contributed by atoms with Crippen molar-refractivity contribution < 1.29 is 19.8 Å². The van der Waals surface area contributed by atoms with E-state index in [1.54, 1.807) is 0 Å². The van der Waals surface area contributed by atoms with E-state index in [0.29, 0.717) is 0 Å². The molecule has 2 N–H and O–H groups in total. The molecule has 60 valence electrons. The molecule has 1 aliphatic rings. The van der Waals surface area contributed by atoms with Gasteiger partial charge >= 0.3 is 5.97 Å². The summed E-state index contributed by atoms with van der Waals surface area (Å²) in [4.78, 5) is 21.0. The van der Waals surface area contributed by atoms with E-state index >= 15 is 0 Å². The van der Waals surface area contributed by atoms with Gasteiger partial charge in [-0.05, 0) is 6.08 Å². The number of carboxylic acid groups (broad SMARTS) is 1. The lowest BCUT2D eigenvalue weighted by molar-refractivity contribution is -0.141. The lowest BCUT2D eigenvalue weighted by Crippen LogP contribution is -2.22. The molecule has 4 heteroatoms. The Balaban J connectivity index is 2.59. The zero-order chi connectivity index (χ0) is 8.43. The van der Waals surface area contributed by atoms with Crippen LogP contribution in [-0.2, 0) is 9.59 Å². The largest absolute Gasteiger partial charge is 0.481 e. The smallest absolute Gasteiger partial charge is 0.304 e. The van der Waals surface area contributed by atoms with E-state index in [2.05, 4.69) is 0 Å². The van der Waals surface area contributed by atoms with Crippen LogP contribution in [0.25, 0.3) is 0 Å². The summed E-state index contributed by atoms with van der Waals surface area (Å²) in [6.07, 6.45) is 1.32. The Morgan fingerprint density at radius 3 is 2.64 bits per heavy atom. The Hall–Kier alpha value is -1.16. The number of ketones is 1. The molecule has 0 spiro atoms. The van der Waals surface area contributed by atoms with E-state index in [9.17, 15) is 9.59 Å². The first-order valence-electron chi connectivity index (χ1n) is 3.23. The Morgan fingerprint density at radius 1 is 1.64 bits per heavy atom. The van der Waals surface area contributed by atoms with Crippen molar-refractivity contribution in [3.63, 3.8) is 0 Å². The van der Waals surface area contributed by atoms with Gasteiger partial charge < -0.3 is 10.2 Å². The number of carbonyl (C=O) groups is 2. The van der Waals surface area contributed by atoms with Crippen LogP contribution in [-0.4, -0.2) is 28.1 Å². The third-order valence-corrected chi connectivity index (χ3v) is 1.63. The normalized spacial score (nSPS) is 29.4. The number of carboxylic acids is 1. The summed E-state index contributed by atoms with van der Waals surface area (Å²) in [7, 11) is 0. The number of hydrogen-bond donors (Lipinski definition) is 2. The molecule has 0 saturated heterocycles. The van der Waals surface area contributed by atoms with Crippen LogP contribution in [0.1, 0.15) is 6.42 Å². The molecular weight excluding hydrogens is 148 g/mol. The van der Waals surface area contributed by atoms with Crippen LogP contribution >= 0.6 is 0 Å². The quantitative estimate of drug-likeness (QED) is 0.569. The van der Waals surface area contributed by atoms with Crippen LogP contribution in [0.4, 0.5) is 0 Å². The highest BCUT2D eigenvalue weighted by Crippen LogP contribution is 2.18. The number of carbonyl (C=O) groups excluding carboxylic acids is 1. The molecule has 0 aromatic carbocycles. The molecule has 0 aliphatic heterocycles. The number of aliphatic hydroxyl groups excluding tert-OH is 1.